The van der Waals surface area contributed by atoms with E-state index in [9.17, 15) is 9.59 Å². The molecule has 0 bridgehead atoms. The number of benzene rings is 1. The first-order chi connectivity index (χ1) is 12.0. The van der Waals surface area contributed by atoms with E-state index in [1.54, 1.807) is 42.2 Å². The molecular weight excluding hydrogens is 342 g/mol. The predicted octanol–water partition coefficient (Wildman–Crippen LogP) is 1.69. The predicted molar refractivity (Wildman–Crippen MR) is 97.7 cm³/mol. The second-order valence-corrected chi connectivity index (χ2v) is 6.43. The zero-order chi connectivity index (χ0) is 18.0. The molecule has 1 aromatic heterocycles. The molecule has 0 spiro atoms. The Balaban J connectivity index is 1.80. The number of hydrogen-bond donors (Lipinski definition) is 0. The zero-order valence-electron chi connectivity index (χ0n) is 14.2. The van der Waals surface area contributed by atoms with Crippen LogP contribution in [0, 0.1) is 0 Å². The molecule has 25 heavy (non-hydrogen) atoms. The molecule has 1 saturated heterocycles. The zero-order valence-corrected chi connectivity index (χ0v) is 15.0. The molecule has 0 aliphatic carbocycles. The van der Waals surface area contributed by atoms with E-state index >= 15 is 0 Å². The number of nitrogens with zero attached hydrogens (tertiary/aromatic N) is 5. The second-order valence-electron chi connectivity index (χ2n) is 6.05. The standard InChI is InChI=1S/C17H20ClN5O2/c1-20(2)17(25)22-10-8-21(9-11-22)14-12-19-23(16(24)15(14)18)13-6-4-3-5-7-13/h3-7,12H,8-11H2,1-2H3. The second kappa shape index (κ2) is 7.14. The number of para-hydroxylation sites is 1. The van der Waals surface area contributed by atoms with E-state index in [1.807, 2.05) is 23.1 Å². The van der Waals surface area contributed by atoms with E-state index in [4.69, 9.17) is 11.6 Å². The highest BCUT2D eigenvalue weighted by Crippen LogP contribution is 2.23. The van der Waals surface area contributed by atoms with Gasteiger partial charge in [0.2, 0.25) is 0 Å². The summed E-state index contributed by atoms with van der Waals surface area (Å²) < 4.78 is 1.29. The Hall–Kier alpha value is -2.54. The highest BCUT2D eigenvalue weighted by Gasteiger charge is 2.24. The number of aromatic nitrogens is 2. The molecule has 1 fully saturated rings. The van der Waals surface area contributed by atoms with Gasteiger partial charge >= 0.3 is 6.03 Å². The van der Waals surface area contributed by atoms with Gasteiger partial charge in [-0.3, -0.25) is 4.79 Å². The van der Waals surface area contributed by atoms with Gasteiger partial charge in [-0.15, -0.1) is 0 Å². The molecule has 0 radical (unpaired) electrons. The van der Waals surface area contributed by atoms with Gasteiger partial charge in [0, 0.05) is 40.3 Å². The third-order valence-electron chi connectivity index (χ3n) is 4.17. The maximum Gasteiger partial charge on any atom is 0.319 e. The average molecular weight is 362 g/mol. The fraction of sp³-hybridized carbons (Fsp3) is 0.353. The highest BCUT2D eigenvalue weighted by atomic mass is 35.5. The molecule has 8 heteroatoms. The van der Waals surface area contributed by atoms with Gasteiger partial charge in [-0.2, -0.15) is 9.78 Å². The van der Waals surface area contributed by atoms with Gasteiger partial charge in [-0.1, -0.05) is 29.8 Å². The van der Waals surface area contributed by atoms with Crippen molar-refractivity contribution in [3.8, 4) is 5.69 Å². The number of urea groups is 1. The third-order valence-corrected chi connectivity index (χ3v) is 4.53. The van der Waals surface area contributed by atoms with Crippen molar-refractivity contribution < 1.29 is 4.79 Å². The smallest absolute Gasteiger partial charge is 0.319 e. The molecule has 1 aliphatic rings. The summed E-state index contributed by atoms with van der Waals surface area (Å²) in [5.74, 6) is 0. The van der Waals surface area contributed by atoms with Gasteiger partial charge < -0.3 is 14.7 Å². The highest BCUT2D eigenvalue weighted by molar-refractivity contribution is 6.33. The lowest BCUT2D eigenvalue weighted by Gasteiger charge is -2.37. The lowest BCUT2D eigenvalue weighted by atomic mass is 10.3. The molecule has 132 valence electrons. The minimum atomic E-state index is -0.350. The van der Waals surface area contributed by atoms with Crippen LogP contribution in [0.3, 0.4) is 0 Å². The molecular formula is C17H20ClN5O2. The number of rotatable bonds is 2. The van der Waals surface area contributed by atoms with Crippen molar-refractivity contribution >= 4 is 23.3 Å². The van der Waals surface area contributed by atoms with E-state index in [1.165, 1.54) is 4.68 Å². The van der Waals surface area contributed by atoms with Crippen LogP contribution < -0.4 is 10.5 Å². The monoisotopic (exact) mass is 361 g/mol. The van der Waals surface area contributed by atoms with Crippen molar-refractivity contribution in [1.82, 2.24) is 19.6 Å². The molecule has 0 atom stereocenters. The normalized spacial score (nSPS) is 14.5. The van der Waals surface area contributed by atoms with Crippen molar-refractivity contribution in [2.24, 2.45) is 0 Å². The lowest BCUT2D eigenvalue weighted by molar-refractivity contribution is 0.168. The van der Waals surface area contributed by atoms with E-state index in [2.05, 4.69) is 5.10 Å². The van der Waals surface area contributed by atoms with Gasteiger partial charge in [0.25, 0.3) is 5.56 Å². The van der Waals surface area contributed by atoms with Gasteiger partial charge in [-0.05, 0) is 12.1 Å². The topological polar surface area (TPSA) is 61.7 Å². The SMILES string of the molecule is CN(C)C(=O)N1CCN(c2cnn(-c3ccccc3)c(=O)c2Cl)CC1. The van der Waals surface area contributed by atoms with Crippen LogP contribution in [-0.2, 0) is 0 Å². The summed E-state index contributed by atoms with van der Waals surface area (Å²) in [6.45, 7) is 2.37. The van der Waals surface area contributed by atoms with E-state index in [0.29, 0.717) is 37.6 Å². The number of carbonyl (C=O) groups excluding carboxylic acids is 1. The lowest BCUT2D eigenvalue weighted by Crippen LogP contribution is -2.51. The van der Waals surface area contributed by atoms with Crippen LogP contribution in [0.4, 0.5) is 10.5 Å². The largest absolute Gasteiger partial charge is 0.365 e. The first kappa shape index (κ1) is 17.3. The Morgan fingerprint density at radius 1 is 1.12 bits per heavy atom. The fourth-order valence-electron chi connectivity index (χ4n) is 2.82. The summed E-state index contributed by atoms with van der Waals surface area (Å²) in [4.78, 5) is 29.9. The Morgan fingerprint density at radius 3 is 2.36 bits per heavy atom. The van der Waals surface area contributed by atoms with Gasteiger partial charge in [-0.25, -0.2) is 4.79 Å². The molecule has 3 rings (SSSR count). The first-order valence-corrected chi connectivity index (χ1v) is 8.41. The molecule has 2 aromatic rings. The Labute approximate surface area is 151 Å². The third kappa shape index (κ3) is 3.46. The van der Waals surface area contributed by atoms with Gasteiger partial charge in [0.1, 0.15) is 5.02 Å². The van der Waals surface area contributed by atoms with Crippen molar-refractivity contribution in [1.29, 1.82) is 0 Å². The Bertz CT molecular complexity index is 814. The van der Waals surface area contributed by atoms with Crippen molar-refractivity contribution in [3.05, 3.63) is 51.9 Å². The first-order valence-electron chi connectivity index (χ1n) is 8.03. The number of amides is 2. The minimum absolute atomic E-state index is 0.0108. The summed E-state index contributed by atoms with van der Waals surface area (Å²) in [6.07, 6.45) is 1.61. The van der Waals surface area contributed by atoms with Crippen molar-refractivity contribution in [2.75, 3.05) is 45.2 Å². The molecule has 1 aromatic carbocycles. The van der Waals surface area contributed by atoms with Crippen LogP contribution in [0.25, 0.3) is 5.69 Å². The average Bonchev–Trinajstić information content (AvgIpc) is 2.64. The number of carbonyl (C=O) groups is 1. The van der Waals surface area contributed by atoms with Crippen LogP contribution in [0.5, 0.6) is 0 Å². The maximum atomic E-state index is 12.6. The summed E-state index contributed by atoms with van der Waals surface area (Å²) in [5.41, 5.74) is 0.926. The molecule has 0 N–H and O–H groups in total. The molecule has 1 aliphatic heterocycles. The van der Waals surface area contributed by atoms with Crippen LogP contribution in [0.1, 0.15) is 0 Å². The molecule has 2 heterocycles. The van der Waals surface area contributed by atoms with Gasteiger partial charge in [0.05, 0.1) is 17.6 Å². The summed E-state index contributed by atoms with van der Waals surface area (Å²) in [5, 5.41) is 4.40. The van der Waals surface area contributed by atoms with Gasteiger partial charge in [0.15, 0.2) is 0 Å². The summed E-state index contributed by atoms with van der Waals surface area (Å²) in [7, 11) is 3.47. The Kier molecular flexibility index (Phi) is 4.94. The number of piperazine rings is 1. The van der Waals surface area contributed by atoms with Crippen LogP contribution in [0.15, 0.2) is 41.3 Å². The van der Waals surface area contributed by atoms with Crippen LogP contribution >= 0.6 is 11.6 Å². The van der Waals surface area contributed by atoms with Crippen molar-refractivity contribution in [2.45, 2.75) is 0 Å². The van der Waals surface area contributed by atoms with Crippen LogP contribution in [-0.4, -0.2) is 65.9 Å². The molecule has 2 amide bonds. The van der Waals surface area contributed by atoms with E-state index in [0.717, 1.165) is 0 Å². The van der Waals surface area contributed by atoms with Crippen molar-refractivity contribution in [3.63, 3.8) is 0 Å². The summed E-state index contributed by atoms with van der Waals surface area (Å²) in [6, 6.07) is 9.15. The molecule has 0 unspecified atom stereocenters. The van der Waals surface area contributed by atoms with E-state index in [-0.39, 0.29) is 16.6 Å². The Morgan fingerprint density at radius 2 is 1.76 bits per heavy atom. The summed E-state index contributed by atoms with van der Waals surface area (Å²) >= 11 is 6.33. The van der Waals surface area contributed by atoms with E-state index < -0.39 is 0 Å². The quantitative estimate of drug-likeness (QED) is 0.816. The van der Waals surface area contributed by atoms with Crippen LogP contribution in [0.2, 0.25) is 5.02 Å². The minimum Gasteiger partial charge on any atom is -0.365 e. The number of anilines is 1. The molecule has 0 saturated carbocycles. The number of hydrogen-bond acceptors (Lipinski definition) is 4. The maximum absolute atomic E-state index is 12.6. The fourth-order valence-corrected chi connectivity index (χ4v) is 3.07. The number of halogens is 1. The molecule has 7 nitrogen and oxygen atoms in total.